The van der Waals surface area contributed by atoms with Gasteiger partial charge in [-0.3, -0.25) is 4.68 Å². The first kappa shape index (κ1) is 13.1. The van der Waals surface area contributed by atoms with E-state index in [4.69, 9.17) is 0 Å². The highest BCUT2D eigenvalue weighted by Crippen LogP contribution is 2.22. The maximum absolute atomic E-state index is 11.8. The number of rotatable bonds is 5. The molecule has 0 aliphatic heterocycles. The monoisotopic (exact) mass is 232 g/mol. The first-order valence-corrected chi connectivity index (χ1v) is 5.37. The van der Waals surface area contributed by atoms with E-state index in [9.17, 15) is 8.78 Å². The molecule has 1 heterocycles. The molecular weight excluding hydrogens is 214 g/mol. The van der Waals surface area contributed by atoms with Crippen LogP contribution in [0.25, 0.3) is 0 Å². The van der Waals surface area contributed by atoms with E-state index in [0.29, 0.717) is 12.5 Å². The lowest BCUT2D eigenvalue weighted by atomic mass is 10.0. The van der Waals surface area contributed by atoms with Gasteiger partial charge in [-0.25, -0.2) is 0 Å². The second kappa shape index (κ2) is 5.39. The lowest BCUT2D eigenvalue weighted by Gasteiger charge is -2.07. The van der Waals surface area contributed by atoms with Gasteiger partial charge < -0.3 is 4.74 Å². The van der Waals surface area contributed by atoms with Crippen LogP contribution in [0.4, 0.5) is 8.78 Å². The van der Waals surface area contributed by atoms with Crippen LogP contribution in [-0.2, 0) is 11.3 Å². The van der Waals surface area contributed by atoms with Gasteiger partial charge in [0.1, 0.15) is 0 Å². The summed E-state index contributed by atoms with van der Waals surface area (Å²) < 4.78 is 29.5. The summed E-state index contributed by atoms with van der Waals surface area (Å²) >= 11 is 0. The molecule has 0 aromatic carbocycles. The third kappa shape index (κ3) is 3.01. The van der Waals surface area contributed by atoms with E-state index in [1.165, 1.54) is 5.56 Å². The molecule has 0 radical (unpaired) electrons. The molecule has 1 aromatic rings. The number of hydrogen-bond donors (Lipinski definition) is 0. The van der Waals surface area contributed by atoms with E-state index in [-0.39, 0.29) is 6.61 Å². The number of nitrogens with zero attached hydrogens (tertiary/aromatic N) is 2. The predicted molar refractivity (Wildman–Crippen MR) is 57.7 cm³/mol. The summed E-state index contributed by atoms with van der Waals surface area (Å²) in [6.07, 6.45) is 0. The van der Waals surface area contributed by atoms with Crippen LogP contribution in [0.1, 0.15) is 36.7 Å². The zero-order valence-corrected chi connectivity index (χ0v) is 10.1. The van der Waals surface area contributed by atoms with Crippen molar-refractivity contribution in [3.63, 3.8) is 0 Å². The second-order valence-electron chi connectivity index (χ2n) is 4.09. The Balaban J connectivity index is 2.71. The highest BCUT2D eigenvalue weighted by atomic mass is 19.3. The number of aromatic nitrogens is 2. The molecule has 92 valence electrons. The number of hydrogen-bond acceptors (Lipinski definition) is 2. The Morgan fingerprint density at radius 1 is 1.31 bits per heavy atom. The maximum Gasteiger partial charge on any atom is 0.345 e. The Bertz CT molecular complexity index is 348. The van der Waals surface area contributed by atoms with Crippen LogP contribution in [0.3, 0.4) is 0 Å². The zero-order valence-electron chi connectivity index (χ0n) is 10.1. The van der Waals surface area contributed by atoms with Gasteiger partial charge >= 0.3 is 6.61 Å². The van der Waals surface area contributed by atoms with E-state index in [0.717, 1.165) is 11.4 Å². The third-order valence-corrected chi connectivity index (χ3v) is 2.56. The Labute approximate surface area is 94.4 Å². The zero-order chi connectivity index (χ0) is 12.3. The van der Waals surface area contributed by atoms with Gasteiger partial charge in [-0.05, 0) is 25.3 Å². The largest absolute Gasteiger partial charge is 0.345 e. The van der Waals surface area contributed by atoms with E-state index in [2.05, 4.69) is 23.7 Å². The lowest BCUT2D eigenvalue weighted by Crippen LogP contribution is -2.11. The summed E-state index contributed by atoms with van der Waals surface area (Å²) in [5, 5.41) is 4.32. The van der Waals surface area contributed by atoms with Crippen molar-refractivity contribution in [2.45, 2.75) is 46.8 Å². The Morgan fingerprint density at radius 2 is 1.94 bits per heavy atom. The summed E-state index contributed by atoms with van der Waals surface area (Å²) in [6, 6.07) is 0. The summed E-state index contributed by atoms with van der Waals surface area (Å²) in [5.41, 5.74) is 3.19. The fourth-order valence-corrected chi connectivity index (χ4v) is 1.99. The van der Waals surface area contributed by atoms with Crippen LogP contribution < -0.4 is 0 Å². The molecule has 0 amide bonds. The molecular formula is C11H18F2N2O. The van der Waals surface area contributed by atoms with E-state index < -0.39 is 6.61 Å². The van der Waals surface area contributed by atoms with E-state index in [1.54, 1.807) is 4.68 Å². The van der Waals surface area contributed by atoms with Crippen molar-refractivity contribution < 1.29 is 13.5 Å². The Morgan fingerprint density at radius 3 is 2.38 bits per heavy atom. The van der Waals surface area contributed by atoms with Crippen molar-refractivity contribution >= 4 is 0 Å². The third-order valence-electron chi connectivity index (χ3n) is 2.56. The SMILES string of the molecule is Cc1nn(CCOC(F)F)c(C)c1C(C)C. The van der Waals surface area contributed by atoms with Crippen LogP contribution in [-0.4, -0.2) is 23.0 Å². The molecule has 5 heteroatoms. The molecule has 0 bridgehead atoms. The van der Waals surface area contributed by atoms with Gasteiger partial charge in [0, 0.05) is 5.69 Å². The van der Waals surface area contributed by atoms with Crippen LogP contribution >= 0.6 is 0 Å². The molecule has 16 heavy (non-hydrogen) atoms. The van der Waals surface area contributed by atoms with Crippen LogP contribution in [0.2, 0.25) is 0 Å². The first-order valence-electron chi connectivity index (χ1n) is 5.37. The minimum Gasteiger partial charge on any atom is -0.321 e. The summed E-state index contributed by atoms with van der Waals surface area (Å²) in [6.45, 7) is 5.72. The van der Waals surface area contributed by atoms with Crippen molar-refractivity contribution in [3.05, 3.63) is 17.0 Å². The fourth-order valence-electron chi connectivity index (χ4n) is 1.99. The lowest BCUT2D eigenvalue weighted by molar-refractivity contribution is -0.130. The maximum atomic E-state index is 11.8. The van der Waals surface area contributed by atoms with Gasteiger partial charge in [0.15, 0.2) is 0 Å². The van der Waals surface area contributed by atoms with Crippen molar-refractivity contribution in [1.82, 2.24) is 9.78 Å². The molecule has 0 saturated carbocycles. The van der Waals surface area contributed by atoms with Gasteiger partial charge in [0.05, 0.1) is 18.8 Å². The second-order valence-corrected chi connectivity index (χ2v) is 4.09. The van der Waals surface area contributed by atoms with Gasteiger partial charge in [-0.2, -0.15) is 13.9 Å². The molecule has 0 saturated heterocycles. The minimum atomic E-state index is -2.71. The molecule has 1 rings (SSSR count). The average molecular weight is 232 g/mol. The van der Waals surface area contributed by atoms with Crippen molar-refractivity contribution in [2.24, 2.45) is 0 Å². The summed E-state index contributed by atoms with van der Waals surface area (Å²) in [5.74, 6) is 0.393. The van der Waals surface area contributed by atoms with Crippen LogP contribution in [0.15, 0.2) is 0 Å². The highest BCUT2D eigenvalue weighted by Gasteiger charge is 2.14. The van der Waals surface area contributed by atoms with E-state index in [1.807, 2.05) is 13.8 Å². The van der Waals surface area contributed by atoms with E-state index >= 15 is 0 Å². The van der Waals surface area contributed by atoms with Gasteiger partial charge in [0.2, 0.25) is 0 Å². The minimum absolute atomic E-state index is 0.0167. The Hall–Kier alpha value is -0.970. The van der Waals surface area contributed by atoms with Crippen molar-refractivity contribution in [2.75, 3.05) is 6.61 Å². The molecule has 0 unspecified atom stereocenters. The van der Waals surface area contributed by atoms with Gasteiger partial charge in [-0.1, -0.05) is 13.8 Å². The van der Waals surface area contributed by atoms with Crippen LogP contribution in [0, 0.1) is 13.8 Å². The van der Waals surface area contributed by atoms with Crippen molar-refractivity contribution in [3.8, 4) is 0 Å². The molecule has 0 spiro atoms. The predicted octanol–water partition coefficient (Wildman–Crippen LogP) is 2.86. The number of aryl methyl sites for hydroxylation is 1. The number of ether oxygens (including phenoxy) is 1. The standard InChI is InChI=1S/C11H18F2N2O/c1-7(2)10-8(3)14-15(9(10)4)5-6-16-11(12)13/h7,11H,5-6H2,1-4H3. The Kier molecular flexibility index (Phi) is 4.41. The molecule has 0 aliphatic carbocycles. The van der Waals surface area contributed by atoms with Crippen molar-refractivity contribution in [1.29, 1.82) is 0 Å². The summed E-state index contributed by atoms with van der Waals surface area (Å²) in [7, 11) is 0. The molecule has 0 fully saturated rings. The average Bonchev–Trinajstić information content (AvgIpc) is 2.41. The molecule has 0 atom stereocenters. The number of alkyl halides is 2. The van der Waals surface area contributed by atoms with Gasteiger partial charge in [0.25, 0.3) is 0 Å². The molecule has 0 N–H and O–H groups in total. The van der Waals surface area contributed by atoms with Gasteiger partial charge in [-0.15, -0.1) is 0 Å². The number of halogens is 2. The smallest absolute Gasteiger partial charge is 0.321 e. The topological polar surface area (TPSA) is 27.1 Å². The quantitative estimate of drug-likeness (QED) is 0.780. The first-order chi connectivity index (χ1) is 7.43. The normalized spacial score (nSPS) is 11.8. The molecule has 1 aromatic heterocycles. The highest BCUT2D eigenvalue weighted by molar-refractivity contribution is 5.27. The fraction of sp³-hybridized carbons (Fsp3) is 0.727. The summed E-state index contributed by atoms with van der Waals surface area (Å²) in [4.78, 5) is 0. The molecule has 3 nitrogen and oxygen atoms in total. The van der Waals surface area contributed by atoms with Crippen LogP contribution in [0.5, 0.6) is 0 Å². The molecule has 0 aliphatic rings.